The molecule has 37 heavy (non-hydrogen) atoms. The van der Waals surface area contributed by atoms with Crippen LogP contribution in [0.25, 0.3) is 11.1 Å². The van der Waals surface area contributed by atoms with Gasteiger partial charge in [0.25, 0.3) is 11.8 Å². The summed E-state index contributed by atoms with van der Waals surface area (Å²) < 4.78 is 1.89. The van der Waals surface area contributed by atoms with Gasteiger partial charge in [-0.05, 0) is 93.2 Å². The number of aromatic nitrogens is 1. The molecule has 2 aliphatic rings. The fraction of sp³-hybridized carbons (Fsp3) is 0.231. The summed E-state index contributed by atoms with van der Waals surface area (Å²) in [5.74, 6) is -2.17. The molecule has 1 saturated heterocycles. The molecule has 5 rings (SSSR count). The van der Waals surface area contributed by atoms with Crippen LogP contribution in [0.5, 0.6) is 0 Å². The van der Waals surface area contributed by atoms with Crippen LogP contribution in [-0.4, -0.2) is 32.6 Å². The Morgan fingerprint density at radius 2 is 1.86 bits per heavy atom. The Morgan fingerprint density at radius 1 is 1.14 bits per heavy atom. The van der Waals surface area contributed by atoms with Crippen molar-refractivity contribution in [1.82, 2.24) is 9.88 Å². The Morgan fingerprint density at radius 3 is 2.57 bits per heavy atom. The van der Waals surface area contributed by atoms with Gasteiger partial charge in [-0.15, -0.1) is 11.3 Å². The predicted octanol–water partition coefficient (Wildman–Crippen LogP) is 5.87. The van der Waals surface area contributed by atoms with E-state index in [4.69, 9.17) is 35.4 Å². The van der Waals surface area contributed by atoms with Crippen LogP contribution in [0.3, 0.4) is 0 Å². The van der Waals surface area contributed by atoms with Crippen molar-refractivity contribution in [2.75, 3.05) is 4.90 Å². The number of nitrogens with zero attached hydrogens (tertiary/aromatic N) is 2. The van der Waals surface area contributed by atoms with Gasteiger partial charge in [0.1, 0.15) is 10.6 Å². The number of fused-ring (bicyclic) bond motifs is 1. The highest BCUT2D eigenvalue weighted by atomic mass is 35.5. The molecule has 1 aromatic carbocycles. The minimum Gasteiger partial charge on any atom is -0.478 e. The van der Waals surface area contributed by atoms with Gasteiger partial charge in [-0.3, -0.25) is 19.8 Å². The molecule has 1 aliphatic carbocycles. The molecule has 1 fully saturated rings. The molecule has 2 N–H and O–H groups in total. The topological polar surface area (TPSA) is 91.6 Å². The number of carbonyl (C=O) groups excluding carboxylic acids is 2. The maximum absolute atomic E-state index is 13.4. The number of thiocarbonyl (C=S) groups is 1. The summed E-state index contributed by atoms with van der Waals surface area (Å²) in [6.45, 7) is 3.72. The number of carboxylic acids is 1. The van der Waals surface area contributed by atoms with E-state index in [1.54, 1.807) is 12.1 Å². The van der Waals surface area contributed by atoms with Gasteiger partial charge in [-0.1, -0.05) is 23.2 Å². The molecule has 7 nitrogen and oxygen atoms in total. The van der Waals surface area contributed by atoms with Crippen molar-refractivity contribution in [2.45, 2.75) is 39.5 Å². The third-order valence-corrected chi connectivity index (χ3v) is 8.90. The highest BCUT2D eigenvalue weighted by molar-refractivity contribution is 7.80. The number of carboxylic acid groups (broad SMARTS) is 1. The van der Waals surface area contributed by atoms with Crippen LogP contribution in [-0.2, 0) is 22.4 Å². The summed E-state index contributed by atoms with van der Waals surface area (Å²) in [5.41, 5.74) is 3.66. The lowest BCUT2D eigenvalue weighted by molar-refractivity contribution is -0.122. The average Bonchev–Trinajstić information content (AvgIpc) is 3.35. The number of anilines is 1. The van der Waals surface area contributed by atoms with E-state index in [2.05, 4.69) is 5.32 Å². The molecular formula is C26H21Cl2N3O4S2. The van der Waals surface area contributed by atoms with E-state index in [0.29, 0.717) is 26.8 Å². The standard InChI is InChI=1S/C26H21Cl2N3O4S2/c1-12-9-14(13(2)30(12)24-21(25(34)35)16-5-3-4-6-20(16)37-24)10-17-22(32)29-26(36)31(23(17)33)15-7-8-18(27)19(28)11-15/h7-11H,3-6H2,1-2H3,(H,34,35)(H,29,32,36)/b17-10+. The zero-order chi connectivity index (χ0) is 26.6. The molecule has 1 aliphatic heterocycles. The third-order valence-electron chi connectivity index (χ3n) is 6.60. The second-order valence-electron chi connectivity index (χ2n) is 8.91. The van der Waals surface area contributed by atoms with Gasteiger partial charge in [0.05, 0.1) is 21.3 Å². The molecule has 3 aromatic rings. The molecule has 0 unspecified atom stereocenters. The number of thiophene rings is 1. The summed E-state index contributed by atoms with van der Waals surface area (Å²) in [6.07, 6.45) is 5.15. The smallest absolute Gasteiger partial charge is 0.339 e. The molecule has 0 atom stereocenters. The second-order valence-corrected chi connectivity index (χ2v) is 11.2. The van der Waals surface area contributed by atoms with Crippen molar-refractivity contribution in [1.29, 1.82) is 0 Å². The van der Waals surface area contributed by atoms with E-state index in [-0.39, 0.29) is 15.7 Å². The number of benzene rings is 1. The lowest BCUT2D eigenvalue weighted by atomic mass is 9.95. The van der Waals surface area contributed by atoms with E-state index in [1.807, 2.05) is 24.5 Å². The first-order valence-electron chi connectivity index (χ1n) is 11.5. The average molecular weight is 575 g/mol. The SMILES string of the molecule is Cc1cc(/C=C2\C(=O)NC(=S)N(c3ccc(Cl)c(Cl)c3)C2=O)c(C)n1-c1sc2c(c1C(=O)O)CCCC2. The van der Waals surface area contributed by atoms with Crippen molar-refractivity contribution in [2.24, 2.45) is 0 Å². The Labute approximate surface area is 232 Å². The number of hydrogen-bond acceptors (Lipinski definition) is 5. The maximum Gasteiger partial charge on any atom is 0.339 e. The van der Waals surface area contributed by atoms with Crippen molar-refractivity contribution in [3.8, 4) is 5.00 Å². The molecular weight excluding hydrogens is 553 g/mol. The van der Waals surface area contributed by atoms with Gasteiger partial charge >= 0.3 is 5.97 Å². The Bertz CT molecular complexity index is 1550. The lowest BCUT2D eigenvalue weighted by Gasteiger charge is -2.29. The summed E-state index contributed by atoms with van der Waals surface area (Å²) >= 11 is 18.9. The third kappa shape index (κ3) is 4.40. The van der Waals surface area contributed by atoms with Crippen LogP contribution in [0.15, 0.2) is 29.8 Å². The predicted molar refractivity (Wildman–Crippen MR) is 149 cm³/mol. The molecule has 11 heteroatoms. The summed E-state index contributed by atoms with van der Waals surface area (Å²) in [6, 6.07) is 6.47. The fourth-order valence-electron chi connectivity index (χ4n) is 4.85. The molecule has 3 heterocycles. The number of rotatable bonds is 4. The zero-order valence-corrected chi connectivity index (χ0v) is 23.0. The zero-order valence-electron chi connectivity index (χ0n) is 19.9. The van der Waals surface area contributed by atoms with Gasteiger partial charge in [0.2, 0.25) is 0 Å². The minimum atomic E-state index is -0.950. The monoisotopic (exact) mass is 573 g/mol. The number of hydrogen-bond donors (Lipinski definition) is 2. The highest BCUT2D eigenvalue weighted by Crippen LogP contribution is 2.39. The largest absolute Gasteiger partial charge is 0.478 e. The van der Waals surface area contributed by atoms with Crippen molar-refractivity contribution < 1.29 is 19.5 Å². The Balaban J connectivity index is 1.59. The van der Waals surface area contributed by atoms with Crippen LogP contribution < -0.4 is 10.2 Å². The summed E-state index contributed by atoms with van der Waals surface area (Å²) in [7, 11) is 0. The van der Waals surface area contributed by atoms with E-state index in [9.17, 15) is 19.5 Å². The maximum atomic E-state index is 13.4. The number of nitrogens with one attached hydrogen (secondary N) is 1. The first kappa shape index (κ1) is 25.7. The summed E-state index contributed by atoms with van der Waals surface area (Å²) in [5, 5.41) is 13.8. The van der Waals surface area contributed by atoms with E-state index >= 15 is 0 Å². The number of halogens is 2. The number of carbonyl (C=O) groups is 3. The van der Waals surface area contributed by atoms with Crippen molar-refractivity contribution in [3.63, 3.8) is 0 Å². The first-order valence-corrected chi connectivity index (χ1v) is 13.5. The molecule has 0 spiro atoms. The summed E-state index contributed by atoms with van der Waals surface area (Å²) in [4.78, 5) is 40.8. The van der Waals surface area contributed by atoms with E-state index in [0.717, 1.165) is 47.5 Å². The highest BCUT2D eigenvalue weighted by Gasteiger charge is 2.35. The van der Waals surface area contributed by atoms with Crippen molar-refractivity contribution >= 4 is 81.4 Å². The molecule has 2 amide bonds. The molecule has 0 bridgehead atoms. The van der Waals surface area contributed by atoms with Crippen LogP contribution in [0.2, 0.25) is 10.0 Å². The normalized spacial score (nSPS) is 16.8. The quantitative estimate of drug-likeness (QED) is 0.231. The second kappa shape index (κ2) is 9.72. The lowest BCUT2D eigenvalue weighted by Crippen LogP contribution is -2.54. The number of amides is 2. The van der Waals surface area contributed by atoms with Crippen LogP contribution in [0, 0.1) is 13.8 Å². The fourth-order valence-corrected chi connectivity index (χ4v) is 6.91. The van der Waals surface area contributed by atoms with Gasteiger partial charge in [0.15, 0.2) is 5.11 Å². The van der Waals surface area contributed by atoms with Crippen molar-refractivity contribution in [3.05, 3.63) is 72.8 Å². The van der Waals surface area contributed by atoms with E-state index < -0.39 is 17.8 Å². The van der Waals surface area contributed by atoms with Gasteiger partial charge in [-0.25, -0.2) is 4.79 Å². The van der Waals surface area contributed by atoms with Gasteiger partial charge in [0, 0.05) is 16.3 Å². The minimum absolute atomic E-state index is 0.0636. The Kier molecular flexibility index (Phi) is 6.74. The first-order chi connectivity index (χ1) is 17.6. The molecule has 190 valence electrons. The Hall–Kier alpha value is -2.98. The molecule has 0 radical (unpaired) electrons. The van der Waals surface area contributed by atoms with Crippen LogP contribution in [0.1, 0.15) is 50.6 Å². The van der Waals surface area contributed by atoms with Crippen LogP contribution >= 0.6 is 46.8 Å². The number of aromatic carboxylic acids is 1. The molecule has 0 saturated carbocycles. The van der Waals surface area contributed by atoms with Gasteiger partial charge in [-0.2, -0.15) is 0 Å². The van der Waals surface area contributed by atoms with Crippen LogP contribution in [0.4, 0.5) is 5.69 Å². The molecule has 2 aromatic heterocycles. The number of aryl methyl sites for hydroxylation is 2. The van der Waals surface area contributed by atoms with Gasteiger partial charge < -0.3 is 9.67 Å². The van der Waals surface area contributed by atoms with E-state index in [1.165, 1.54) is 28.4 Å².